The summed E-state index contributed by atoms with van der Waals surface area (Å²) in [4.78, 5) is 29.5. The smallest absolute Gasteiger partial charge is 0.255 e. The number of fused-ring (bicyclic) bond motifs is 1. The number of carbonyl (C=O) groups is 1. The Bertz CT molecular complexity index is 943. The van der Waals surface area contributed by atoms with Crippen LogP contribution in [-0.4, -0.2) is 51.8 Å². The van der Waals surface area contributed by atoms with Crippen molar-refractivity contribution in [2.24, 2.45) is 7.05 Å². The summed E-state index contributed by atoms with van der Waals surface area (Å²) in [5.41, 5.74) is 2.09. The minimum atomic E-state index is -0.0219. The van der Waals surface area contributed by atoms with Gasteiger partial charge in [0.1, 0.15) is 0 Å². The second-order valence-electron chi connectivity index (χ2n) is 7.17. The molecule has 140 valence electrons. The number of aromatic nitrogens is 3. The number of rotatable bonds is 3. The molecule has 0 saturated carbocycles. The van der Waals surface area contributed by atoms with Gasteiger partial charge in [0.25, 0.3) is 11.5 Å². The Hall–Kier alpha value is -2.96. The first-order valence-corrected chi connectivity index (χ1v) is 9.25. The van der Waals surface area contributed by atoms with Gasteiger partial charge in [-0.25, -0.2) is 0 Å². The minimum Gasteiger partial charge on any atom is -0.355 e. The fourth-order valence-corrected chi connectivity index (χ4v) is 3.97. The molecular weight excluding hydrogens is 342 g/mol. The molecule has 1 aliphatic heterocycles. The van der Waals surface area contributed by atoms with Crippen LogP contribution in [0.25, 0.3) is 6.08 Å². The van der Waals surface area contributed by atoms with Gasteiger partial charge in [-0.3, -0.25) is 9.59 Å². The average molecular weight is 365 g/mol. The number of anilines is 1. The number of allylic oxidation sites excluding steroid dienone is 1. The van der Waals surface area contributed by atoms with Crippen molar-refractivity contribution in [3.8, 4) is 0 Å². The van der Waals surface area contributed by atoms with E-state index in [0.717, 1.165) is 37.3 Å². The van der Waals surface area contributed by atoms with Gasteiger partial charge in [0.2, 0.25) is 0 Å². The van der Waals surface area contributed by atoms with Gasteiger partial charge in [0, 0.05) is 51.2 Å². The van der Waals surface area contributed by atoms with Crippen molar-refractivity contribution in [3.63, 3.8) is 0 Å². The van der Waals surface area contributed by atoms with E-state index in [9.17, 15) is 9.59 Å². The highest BCUT2D eigenvalue weighted by molar-refractivity contribution is 5.98. The van der Waals surface area contributed by atoms with Crippen LogP contribution in [0.5, 0.6) is 0 Å². The molecule has 0 unspecified atom stereocenters. The molecule has 1 amide bonds. The molecular formula is C20H23N5O2. The van der Waals surface area contributed by atoms with E-state index in [1.807, 2.05) is 36.2 Å². The van der Waals surface area contributed by atoms with Gasteiger partial charge in [-0.1, -0.05) is 12.2 Å². The summed E-state index contributed by atoms with van der Waals surface area (Å²) < 4.78 is 1.52. The normalized spacial score (nSPS) is 16.4. The Balaban J connectivity index is 1.50. The molecule has 3 heterocycles. The van der Waals surface area contributed by atoms with Crippen LogP contribution < -0.4 is 10.5 Å². The molecule has 0 spiro atoms. The Labute approximate surface area is 157 Å². The predicted octanol–water partition coefficient (Wildman–Crippen LogP) is 1.49. The van der Waals surface area contributed by atoms with E-state index in [4.69, 9.17) is 0 Å². The number of aryl methyl sites for hydroxylation is 1. The molecule has 2 aromatic rings. The number of hydrogen-bond acceptors (Lipinski definition) is 5. The Kier molecular flexibility index (Phi) is 4.51. The van der Waals surface area contributed by atoms with Crippen molar-refractivity contribution < 1.29 is 4.79 Å². The summed E-state index contributed by atoms with van der Waals surface area (Å²) in [6, 6.07) is 4.02. The summed E-state index contributed by atoms with van der Waals surface area (Å²) in [5.74, 6) is 0.859. The van der Waals surface area contributed by atoms with Crippen LogP contribution in [0.4, 0.5) is 5.82 Å². The van der Waals surface area contributed by atoms with E-state index < -0.39 is 0 Å². The molecule has 0 atom stereocenters. The highest BCUT2D eigenvalue weighted by Crippen LogP contribution is 2.25. The van der Waals surface area contributed by atoms with E-state index >= 15 is 0 Å². The molecule has 7 nitrogen and oxygen atoms in total. The van der Waals surface area contributed by atoms with Crippen molar-refractivity contribution in [3.05, 3.63) is 57.6 Å². The van der Waals surface area contributed by atoms with Crippen LogP contribution in [0, 0.1) is 0 Å². The van der Waals surface area contributed by atoms with Gasteiger partial charge in [0.15, 0.2) is 5.82 Å². The zero-order valence-electron chi connectivity index (χ0n) is 15.6. The summed E-state index contributed by atoms with van der Waals surface area (Å²) >= 11 is 0. The van der Waals surface area contributed by atoms with Gasteiger partial charge in [-0.2, -0.15) is 5.10 Å². The maximum atomic E-state index is 13.2. The molecule has 2 aliphatic rings. The second kappa shape index (κ2) is 6.98. The van der Waals surface area contributed by atoms with Gasteiger partial charge in [-0.15, -0.1) is 5.10 Å². The molecule has 0 N–H and O–H groups in total. The molecule has 1 saturated heterocycles. The highest BCUT2D eigenvalue weighted by Gasteiger charge is 2.29. The lowest BCUT2D eigenvalue weighted by atomic mass is 10.0. The van der Waals surface area contributed by atoms with Crippen LogP contribution in [0.1, 0.15) is 34.3 Å². The lowest BCUT2D eigenvalue weighted by Crippen LogP contribution is -2.46. The summed E-state index contributed by atoms with van der Waals surface area (Å²) in [6.07, 6.45) is 9.54. The number of piperidine rings is 1. The fourth-order valence-electron chi connectivity index (χ4n) is 3.97. The monoisotopic (exact) mass is 365 g/mol. The molecule has 0 bridgehead atoms. The Morgan fingerprint density at radius 3 is 2.78 bits per heavy atom. The van der Waals surface area contributed by atoms with Crippen molar-refractivity contribution in [2.45, 2.75) is 25.3 Å². The SMILES string of the molecule is CN(C(=O)c1cn(C)c(=O)c2c1C=CC2)C1CCN(c2cccnn2)CC1. The van der Waals surface area contributed by atoms with Gasteiger partial charge in [0.05, 0.1) is 5.56 Å². The quantitative estimate of drug-likeness (QED) is 0.824. The van der Waals surface area contributed by atoms with E-state index in [1.165, 1.54) is 4.57 Å². The minimum absolute atomic E-state index is 0.0218. The molecule has 27 heavy (non-hydrogen) atoms. The van der Waals surface area contributed by atoms with Crippen molar-refractivity contribution in [1.82, 2.24) is 19.7 Å². The summed E-state index contributed by atoms with van der Waals surface area (Å²) in [6.45, 7) is 1.68. The molecule has 7 heteroatoms. The third-order valence-electron chi connectivity index (χ3n) is 5.57. The first-order valence-electron chi connectivity index (χ1n) is 9.25. The molecule has 1 fully saturated rings. The first kappa shape index (κ1) is 17.5. The van der Waals surface area contributed by atoms with Gasteiger partial charge < -0.3 is 14.4 Å². The fraction of sp³-hybridized carbons (Fsp3) is 0.400. The van der Waals surface area contributed by atoms with E-state index in [2.05, 4.69) is 15.1 Å². The van der Waals surface area contributed by atoms with Crippen LogP contribution in [0.15, 0.2) is 35.4 Å². The Morgan fingerprint density at radius 1 is 1.30 bits per heavy atom. The molecule has 4 rings (SSSR count). The zero-order chi connectivity index (χ0) is 19.0. The number of nitrogens with zero attached hydrogens (tertiary/aromatic N) is 5. The van der Waals surface area contributed by atoms with Crippen LogP contribution >= 0.6 is 0 Å². The van der Waals surface area contributed by atoms with Crippen molar-refractivity contribution in [2.75, 3.05) is 25.0 Å². The number of carbonyl (C=O) groups excluding carboxylic acids is 1. The maximum Gasteiger partial charge on any atom is 0.255 e. The van der Waals surface area contributed by atoms with Crippen LogP contribution in [-0.2, 0) is 13.5 Å². The first-order chi connectivity index (χ1) is 13.1. The second-order valence-corrected chi connectivity index (χ2v) is 7.17. The predicted molar refractivity (Wildman–Crippen MR) is 104 cm³/mol. The number of hydrogen-bond donors (Lipinski definition) is 0. The van der Waals surface area contributed by atoms with Crippen molar-refractivity contribution >= 4 is 17.8 Å². The topological polar surface area (TPSA) is 71.3 Å². The summed E-state index contributed by atoms with van der Waals surface area (Å²) in [7, 11) is 3.57. The number of pyridine rings is 1. The lowest BCUT2D eigenvalue weighted by Gasteiger charge is -2.37. The standard InChI is InChI=1S/C20H23N5O2/c1-23-13-17(15-5-3-6-16(15)19(23)26)20(27)24(2)14-8-11-25(12-9-14)18-7-4-10-21-22-18/h3-5,7,10,13-14H,6,8-9,11-12H2,1-2H3. The van der Waals surface area contributed by atoms with Gasteiger partial charge >= 0.3 is 0 Å². The Morgan fingerprint density at radius 2 is 2.07 bits per heavy atom. The largest absolute Gasteiger partial charge is 0.355 e. The molecule has 0 radical (unpaired) electrons. The van der Waals surface area contributed by atoms with E-state index in [1.54, 1.807) is 19.4 Å². The average Bonchev–Trinajstić information content (AvgIpc) is 3.20. The van der Waals surface area contributed by atoms with E-state index in [-0.39, 0.29) is 17.5 Å². The number of amides is 1. The van der Waals surface area contributed by atoms with Crippen LogP contribution in [0.3, 0.4) is 0 Å². The third kappa shape index (κ3) is 3.13. The molecule has 2 aromatic heterocycles. The third-order valence-corrected chi connectivity index (χ3v) is 5.57. The van der Waals surface area contributed by atoms with Crippen LogP contribution in [0.2, 0.25) is 0 Å². The maximum absolute atomic E-state index is 13.2. The highest BCUT2D eigenvalue weighted by atomic mass is 16.2. The lowest BCUT2D eigenvalue weighted by molar-refractivity contribution is 0.0708. The van der Waals surface area contributed by atoms with E-state index in [0.29, 0.717) is 17.5 Å². The summed E-state index contributed by atoms with van der Waals surface area (Å²) in [5, 5.41) is 8.11. The zero-order valence-corrected chi connectivity index (χ0v) is 15.6. The van der Waals surface area contributed by atoms with Crippen molar-refractivity contribution in [1.29, 1.82) is 0 Å². The molecule has 1 aliphatic carbocycles. The molecule has 0 aromatic carbocycles. The van der Waals surface area contributed by atoms with Gasteiger partial charge in [-0.05, 0) is 37.0 Å².